The van der Waals surface area contributed by atoms with Crippen molar-refractivity contribution in [2.24, 2.45) is 17.8 Å². The highest BCUT2D eigenvalue weighted by atomic mass is 33.1. The highest BCUT2D eigenvalue weighted by Gasteiger charge is 2.37. The molecule has 7 atom stereocenters. The first-order chi connectivity index (χ1) is 29.6. The van der Waals surface area contributed by atoms with Gasteiger partial charge in [0, 0.05) is 62.3 Å². The number of aromatic nitrogens is 2. The number of carbonyl (C=O) groups is 5. The monoisotopic (exact) mass is 913 g/mol. The Morgan fingerprint density at radius 3 is 2.42 bits per heavy atom. The SMILES string of the molecule is CCC(C)[C@H](NC(=O)[C@H]1CCCCN1C)C(=O)N(C)[C@H](C[C@@H](OC(C)=O)c1nc(C(=O)N[C@@H](Cc2ccc(F)cc2)C[C@H](C)C(=O)NCCSSc2ccccn2)cs1)C(C)C. The van der Waals surface area contributed by atoms with Crippen molar-refractivity contribution in [3.05, 3.63) is 76.1 Å². The molecule has 2 aromatic heterocycles. The van der Waals surface area contributed by atoms with Crippen LogP contribution in [0.2, 0.25) is 0 Å². The Morgan fingerprint density at radius 2 is 1.77 bits per heavy atom. The molecule has 1 fully saturated rings. The number of amides is 4. The zero-order valence-electron chi connectivity index (χ0n) is 37.2. The van der Waals surface area contributed by atoms with Gasteiger partial charge in [-0.15, -0.1) is 11.3 Å². The maximum Gasteiger partial charge on any atom is 0.303 e. The Morgan fingerprint density at radius 1 is 1.03 bits per heavy atom. The van der Waals surface area contributed by atoms with E-state index in [0.29, 0.717) is 36.6 Å². The minimum atomic E-state index is -0.867. The molecule has 17 heteroatoms. The number of thiazole rings is 1. The van der Waals surface area contributed by atoms with Gasteiger partial charge in [0.1, 0.15) is 27.6 Å². The Kier molecular flexibility index (Phi) is 20.6. The molecule has 4 rings (SSSR count). The van der Waals surface area contributed by atoms with Crippen LogP contribution in [0, 0.1) is 23.6 Å². The van der Waals surface area contributed by atoms with Crippen LogP contribution in [0.5, 0.6) is 0 Å². The number of piperidine rings is 1. The fraction of sp³-hybridized carbons (Fsp3) is 0.578. The Balaban J connectivity index is 1.45. The summed E-state index contributed by atoms with van der Waals surface area (Å²) < 4.78 is 19.6. The first-order valence-corrected chi connectivity index (χ1v) is 24.7. The van der Waals surface area contributed by atoms with Crippen molar-refractivity contribution >= 4 is 62.5 Å². The highest BCUT2D eigenvalue weighted by molar-refractivity contribution is 8.76. The molecule has 13 nitrogen and oxygen atoms in total. The number of halogens is 1. The van der Waals surface area contributed by atoms with Crippen LogP contribution in [0.15, 0.2) is 59.1 Å². The van der Waals surface area contributed by atoms with Gasteiger partial charge < -0.3 is 25.6 Å². The van der Waals surface area contributed by atoms with E-state index >= 15 is 0 Å². The summed E-state index contributed by atoms with van der Waals surface area (Å²) in [5, 5.41) is 12.0. The number of likely N-dealkylation sites (tertiary alicyclic amines) is 1. The van der Waals surface area contributed by atoms with E-state index in [9.17, 15) is 28.4 Å². The molecular weight excluding hydrogens is 850 g/mol. The summed E-state index contributed by atoms with van der Waals surface area (Å²) in [7, 11) is 6.79. The molecule has 1 aromatic carbocycles. The fourth-order valence-electron chi connectivity index (χ4n) is 7.54. The third-order valence-electron chi connectivity index (χ3n) is 11.3. The first kappa shape index (κ1) is 50.6. The van der Waals surface area contributed by atoms with Crippen molar-refractivity contribution in [3.63, 3.8) is 0 Å². The minimum absolute atomic E-state index is 0.0712. The number of rotatable bonds is 23. The number of pyridine rings is 1. The van der Waals surface area contributed by atoms with Crippen LogP contribution in [0.3, 0.4) is 0 Å². The predicted octanol–water partition coefficient (Wildman–Crippen LogP) is 7.09. The smallest absolute Gasteiger partial charge is 0.303 e. The second-order valence-corrected chi connectivity index (χ2v) is 19.9. The number of benzene rings is 1. The average molecular weight is 914 g/mol. The van der Waals surface area contributed by atoms with Gasteiger partial charge in [-0.05, 0) is 91.7 Å². The summed E-state index contributed by atoms with van der Waals surface area (Å²) in [6.07, 6.45) is 5.15. The molecule has 62 heavy (non-hydrogen) atoms. The molecule has 4 amide bonds. The van der Waals surface area contributed by atoms with E-state index < -0.39 is 42.0 Å². The molecular formula is C45H64FN7O6S3. The van der Waals surface area contributed by atoms with E-state index in [0.717, 1.165) is 36.4 Å². The summed E-state index contributed by atoms with van der Waals surface area (Å²) in [5.74, 6) is -1.88. The lowest BCUT2D eigenvalue weighted by Crippen LogP contribution is -2.58. The van der Waals surface area contributed by atoms with Crippen LogP contribution in [0.1, 0.15) is 107 Å². The van der Waals surface area contributed by atoms with E-state index in [-0.39, 0.29) is 53.5 Å². The van der Waals surface area contributed by atoms with Crippen LogP contribution in [0.4, 0.5) is 4.39 Å². The third kappa shape index (κ3) is 15.6. The van der Waals surface area contributed by atoms with E-state index in [4.69, 9.17) is 4.74 Å². The maximum absolute atomic E-state index is 14.3. The first-order valence-electron chi connectivity index (χ1n) is 21.5. The second kappa shape index (κ2) is 25.3. The zero-order valence-corrected chi connectivity index (χ0v) is 39.7. The second-order valence-electron chi connectivity index (χ2n) is 16.5. The standard InChI is InChI=1S/C45H64FN7O6S3/c1-9-29(4)40(51-43(57)36-14-11-13-22-52(36)7)45(58)53(8)37(28(2)3)26-38(59-31(6)54)44-50-35(27-60-44)42(56)49-34(25-32-16-18-33(46)19-17-32)24-30(5)41(55)48-21-23-61-62-39-15-10-12-20-47-39/h10,12,15-20,27-30,34,36-38,40H,9,11,13-14,21-26H2,1-8H3,(H,48,55)(H,49,56)(H,51,57)/t29?,30-,34+,36+,37+,38+,40-/m0/s1. The highest BCUT2D eigenvalue weighted by Crippen LogP contribution is 2.32. The van der Waals surface area contributed by atoms with Crippen molar-refractivity contribution in [1.29, 1.82) is 0 Å². The minimum Gasteiger partial charge on any atom is -0.455 e. The Labute approximate surface area is 378 Å². The zero-order chi connectivity index (χ0) is 45.3. The van der Waals surface area contributed by atoms with E-state index in [1.165, 1.54) is 41.2 Å². The van der Waals surface area contributed by atoms with Crippen LogP contribution < -0.4 is 16.0 Å². The number of nitrogens with zero attached hydrogens (tertiary/aromatic N) is 4. The number of esters is 1. The molecule has 0 saturated carbocycles. The van der Waals surface area contributed by atoms with Crippen molar-refractivity contribution in [2.75, 3.05) is 32.9 Å². The molecule has 0 spiro atoms. The lowest BCUT2D eigenvalue weighted by Gasteiger charge is -2.38. The van der Waals surface area contributed by atoms with Gasteiger partial charge in [0.05, 0.1) is 6.04 Å². The number of hydrogen-bond donors (Lipinski definition) is 3. The lowest BCUT2D eigenvalue weighted by molar-refractivity contribution is -0.149. The third-order valence-corrected chi connectivity index (χ3v) is 14.5. The van der Waals surface area contributed by atoms with Gasteiger partial charge in [-0.1, -0.05) is 76.5 Å². The summed E-state index contributed by atoms with van der Waals surface area (Å²) in [5.41, 5.74) is 0.902. The van der Waals surface area contributed by atoms with Crippen LogP contribution in [-0.4, -0.2) is 106 Å². The maximum atomic E-state index is 14.3. The van der Waals surface area contributed by atoms with Gasteiger partial charge >= 0.3 is 5.97 Å². The van der Waals surface area contributed by atoms with Crippen molar-refractivity contribution < 1.29 is 33.1 Å². The number of carbonyl (C=O) groups excluding carboxylic acids is 5. The van der Waals surface area contributed by atoms with Crippen molar-refractivity contribution in [1.82, 2.24) is 35.7 Å². The summed E-state index contributed by atoms with van der Waals surface area (Å²) in [4.78, 5) is 80.0. The van der Waals surface area contributed by atoms with Crippen molar-refractivity contribution in [3.8, 4) is 0 Å². The molecule has 3 heterocycles. The van der Waals surface area contributed by atoms with E-state index in [1.54, 1.807) is 53.4 Å². The largest absolute Gasteiger partial charge is 0.455 e. The summed E-state index contributed by atoms with van der Waals surface area (Å²) in [6, 6.07) is 9.79. The van der Waals surface area contributed by atoms with E-state index in [2.05, 4.69) is 25.9 Å². The molecule has 3 N–H and O–H groups in total. The van der Waals surface area contributed by atoms with Crippen molar-refractivity contribution in [2.45, 2.75) is 122 Å². The molecule has 0 bridgehead atoms. The fourth-order valence-corrected chi connectivity index (χ4v) is 10.2. The summed E-state index contributed by atoms with van der Waals surface area (Å²) >= 11 is 1.18. The molecule has 340 valence electrons. The normalized spacial score (nSPS) is 17.2. The molecule has 1 saturated heterocycles. The molecule has 1 aliphatic rings. The number of hydrogen-bond acceptors (Lipinski definition) is 12. The Bertz CT molecular complexity index is 1910. The number of ether oxygens (including phenoxy) is 1. The van der Waals surface area contributed by atoms with Gasteiger partial charge in [0.25, 0.3) is 5.91 Å². The van der Waals surface area contributed by atoms with Gasteiger partial charge in [-0.3, -0.25) is 28.9 Å². The van der Waals surface area contributed by atoms with Crippen LogP contribution in [-0.2, 0) is 30.3 Å². The lowest BCUT2D eigenvalue weighted by atomic mass is 9.92. The molecule has 1 aliphatic heterocycles. The van der Waals surface area contributed by atoms with Gasteiger partial charge in [0.2, 0.25) is 17.7 Å². The van der Waals surface area contributed by atoms with E-state index in [1.807, 2.05) is 57.8 Å². The molecule has 3 aromatic rings. The average Bonchev–Trinajstić information content (AvgIpc) is 3.75. The summed E-state index contributed by atoms with van der Waals surface area (Å²) in [6.45, 7) is 12.3. The molecule has 0 aliphatic carbocycles. The molecule has 1 unspecified atom stereocenters. The molecule has 0 radical (unpaired) electrons. The van der Waals surface area contributed by atoms with Crippen LogP contribution >= 0.6 is 32.9 Å². The van der Waals surface area contributed by atoms with Gasteiger partial charge in [-0.2, -0.15) is 0 Å². The predicted molar refractivity (Wildman–Crippen MR) is 245 cm³/mol. The quantitative estimate of drug-likeness (QED) is 0.0506. The van der Waals surface area contributed by atoms with Crippen LogP contribution in [0.25, 0.3) is 0 Å². The number of nitrogens with one attached hydrogen (secondary N) is 3. The number of likely N-dealkylation sites (N-methyl/N-ethyl adjacent to an activating group) is 2. The van der Waals surface area contributed by atoms with Gasteiger partial charge in [0.15, 0.2) is 6.10 Å². The Hall–Kier alpha value is -4.06. The van der Waals surface area contributed by atoms with Gasteiger partial charge in [-0.25, -0.2) is 14.4 Å². The topological polar surface area (TPSA) is 163 Å².